The van der Waals surface area contributed by atoms with Gasteiger partial charge in [-0.1, -0.05) is 60.3 Å². The van der Waals surface area contributed by atoms with E-state index in [9.17, 15) is 9.59 Å². The van der Waals surface area contributed by atoms with Gasteiger partial charge in [-0.2, -0.15) is 0 Å². The molecule has 0 saturated heterocycles. The molecule has 1 aliphatic rings. The monoisotopic (exact) mass is 475 g/mol. The summed E-state index contributed by atoms with van der Waals surface area (Å²) in [6, 6.07) is 21.1. The maximum Gasteiger partial charge on any atom is 0.272 e. The number of aromatic nitrogens is 2. The van der Waals surface area contributed by atoms with Gasteiger partial charge in [0.25, 0.3) is 5.56 Å². The number of aryl methyl sites for hydroxylation is 1. The molecule has 0 fully saturated rings. The number of nitrogens with zero attached hydrogens (tertiary/aromatic N) is 2. The van der Waals surface area contributed by atoms with Crippen LogP contribution in [0.4, 0.5) is 5.69 Å². The van der Waals surface area contributed by atoms with E-state index in [1.54, 1.807) is 11.7 Å². The number of amides is 1. The minimum absolute atomic E-state index is 0.121. The number of carbonyl (C=O) groups is 1. The summed E-state index contributed by atoms with van der Waals surface area (Å²) in [5, 5.41) is 5.53. The van der Waals surface area contributed by atoms with Crippen molar-refractivity contribution in [2.45, 2.75) is 16.5 Å². The number of benzene rings is 3. The van der Waals surface area contributed by atoms with E-state index in [-0.39, 0.29) is 17.2 Å². The molecule has 1 N–H and O–H groups in total. The Balaban J connectivity index is 1.45. The largest absolute Gasteiger partial charge is 0.495 e. The summed E-state index contributed by atoms with van der Waals surface area (Å²) < 4.78 is 7.05. The molecule has 1 aromatic heterocycles. The Morgan fingerprint density at radius 3 is 2.79 bits per heavy atom. The molecule has 33 heavy (non-hydrogen) atoms. The van der Waals surface area contributed by atoms with Crippen LogP contribution in [0, 0.1) is 0 Å². The van der Waals surface area contributed by atoms with Crippen molar-refractivity contribution in [2.75, 3.05) is 23.9 Å². The molecule has 0 spiro atoms. The Bertz CT molecular complexity index is 1410. The Labute approximate surface area is 199 Å². The summed E-state index contributed by atoms with van der Waals surface area (Å²) in [7, 11) is 1.57. The summed E-state index contributed by atoms with van der Waals surface area (Å²) in [4.78, 5) is 31.6. The highest BCUT2D eigenvalue weighted by Gasteiger charge is 2.24. The number of para-hydroxylation sites is 2. The Hall–Kier alpha value is -3.23. The van der Waals surface area contributed by atoms with Gasteiger partial charge in [-0.3, -0.25) is 14.2 Å². The number of ether oxygens (including phenoxy) is 1. The molecule has 0 radical (unpaired) electrons. The molecule has 0 aliphatic carbocycles. The Morgan fingerprint density at radius 1 is 1.12 bits per heavy atom. The zero-order valence-electron chi connectivity index (χ0n) is 17.9. The fourth-order valence-electron chi connectivity index (χ4n) is 3.87. The van der Waals surface area contributed by atoms with E-state index < -0.39 is 0 Å². The lowest BCUT2D eigenvalue weighted by molar-refractivity contribution is -0.113. The summed E-state index contributed by atoms with van der Waals surface area (Å²) in [6.07, 6.45) is 0.748. The van der Waals surface area contributed by atoms with Crippen molar-refractivity contribution in [1.82, 2.24) is 9.55 Å². The van der Waals surface area contributed by atoms with Crippen LogP contribution in [0.3, 0.4) is 0 Å². The molecule has 4 aromatic rings. The predicted octanol–water partition coefficient (Wildman–Crippen LogP) is 4.77. The molecule has 0 atom stereocenters. The minimum atomic E-state index is -0.160. The second-order valence-electron chi connectivity index (χ2n) is 7.44. The third-order valence-corrected chi connectivity index (χ3v) is 7.43. The number of rotatable bonds is 6. The molecule has 2 heterocycles. The summed E-state index contributed by atoms with van der Waals surface area (Å²) >= 11 is 2.78. The van der Waals surface area contributed by atoms with Gasteiger partial charge >= 0.3 is 0 Å². The van der Waals surface area contributed by atoms with E-state index in [1.165, 1.54) is 23.5 Å². The normalized spacial score (nSPS) is 12.5. The first kappa shape index (κ1) is 21.6. The van der Waals surface area contributed by atoms with E-state index in [4.69, 9.17) is 9.72 Å². The van der Waals surface area contributed by atoms with Crippen LogP contribution in [0.5, 0.6) is 5.75 Å². The van der Waals surface area contributed by atoms with Crippen LogP contribution in [0.25, 0.3) is 16.5 Å². The van der Waals surface area contributed by atoms with Crippen molar-refractivity contribution in [1.29, 1.82) is 0 Å². The average molecular weight is 476 g/mol. The van der Waals surface area contributed by atoms with Crippen LogP contribution >= 0.6 is 23.5 Å². The van der Waals surface area contributed by atoms with Gasteiger partial charge in [-0.05, 0) is 23.6 Å². The third-order valence-electron chi connectivity index (χ3n) is 5.39. The lowest BCUT2D eigenvalue weighted by Gasteiger charge is -2.16. The standard InChI is InChI=1S/C25H21N3O3S2/c1-31-21-12-5-4-11-20(21)28-24(30)23-19(13-14-32-23)27-25(28)33-15-22(29)26-18-10-6-8-16-7-2-3-9-17(16)18/h2-12H,13-15H2,1H3,(H,26,29). The van der Waals surface area contributed by atoms with E-state index >= 15 is 0 Å². The highest BCUT2D eigenvalue weighted by Crippen LogP contribution is 2.32. The number of anilines is 1. The highest BCUT2D eigenvalue weighted by atomic mass is 32.2. The molecule has 0 unspecified atom stereocenters. The summed E-state index contributed by atoms with van der Waals surface area (Å²) in [5.74, 6) is 1.37. The molecular weight excluding hydrogens is 454 g/mol. The van der Waals surface area contributed by atoms with Crippen LogP contribution < -0.4 is 15.6 Å². The van der Waals surface area contributed by atoms with Crippen molar-refractivity contribution in [3.05, 3.63) is 82.8 Å². The number of thioether (sulfide) groups is 2. The summed E-state index contributed by atoms with van der Waals surface area (Å²) in [6.45, 7) is 0. The molecule has 3 aromatic carbocycles. The fraction of sp³-hybridized carbons (Fsp3) is 0.160. The van der Waals surface area contributed by atoms with Crippen LogP contribution in [-0.4, -0.2) is 34.1 Å². The van der Waals surface area contributed by atoms with E-state index in [0.717, 1.165) is 34.3 Å². The van der Waals surface area contributed by atoms with Crippen molar-refractivity contribution in [3.8, 4) is 11.4 Å². The molecule has 1 amide bonds. The van der Waals surface area contributed by atoms with E-state index in [1.807, 2.05) is 66.7 Å². The van der Waals surface area contributed by atoms with E-state index in [2.05, 4.69) is 5.32 Å². The average Bonchev–Trinajstić information content (AvgIpc) is 3.32. The van der Waals surface area contributed by atoms with Gasteiger partial charge in [0.1, 0.15) is 5.75 Å². The lowest BCUT2D eigenvalue weighted by Crippen LogP contribution is -2.25. The van der Waals surface area contributed by atoms with Crippen LogP contribution in [0.2, 0.25) is 0 Å². The highest BCUT2D eigenvalue weighted by molar-refractivity contribution is 8.00. The van der Waals surface area contributed by atoms with Crippen LogP contribution in [0.1, 0.15) is 5.69 Å². The lowest BCUT2D eigenvalue weighted by atomic mass is 10.1. The zero-order valence-corrected chi connectivity index (χ0v) is 19.5. The maximum atomic E-state index is 13.4. The number of nitrogens with one attached hydrogen (secondary N) is 1. The minimum Gasteiger partial charge on any atom is -0.495 e. The number of methoxy groups -OCH3 is 1. The van der Waals surface area contributed by atoms with Gasteiger partial charge in [0.2, 0.25) is 5.91 Å². The molecule has 0 saturated carbocycles. The molecule has 1 aliphatic heterocycles. The van der Waals surface area contributed by atoms with Gasteiger partial charge in [0, 0.05) is 23.2 Å². The molecule has 0 bridgehead atoms. The first-order valence-corrected chi connectivity index (χ1v) is 12.5. The SMILES string of the molecule is COc1ccccc1-n1c(SCC(=O)Nc2cccc3ccccc23)nc2c(c1=O)SCC2. The first-order chi connectivity index (χ1) is 16.2. The second kappa shape index (κ2) is 9.33. The molecule has 5 rings (SSSR count). The fourth-order valence-corrected chi connectivity index (χ4v) is 5.71. The van der Waals surface area contributed by atoms with Crippen molar-refractivity contribution in [3.63, 3.8) is 0 Å². The van der Waals surface area contributed by atoms with Crippen LogP contribution in [-0.2, 0) is 11.2 Å². The Kier molecular flexibility index (Phi) is 6.11. The molecule has 166 valence electrons. The third kappa shape index (κ3) is 4.24. The smallest absolute Gasteiger partial charge is 0.272 e. The quantitative estimate of drug-likeness (QED) is 0.320. The first-order valence-electron chi connectivity index (χ1n) is 10.5. The zero-order chi connectivity index (χ0) is 22.8. The van der Waals surface area contributed by atoms with Crippen LogP contribution in [0.15, 0.2) is 81.6 Å². The van der Waals surface area contributed by atoms with Crippen molar-refractivity contribution in [2.24, 2.45) is 0 Å². The number of hydrogen-bond acceptors (Lipinski definition) is 6. The van der Waals surface area contributed by atoms with Crippen molar-refractivity contribution >= 4 is 45.9 Å². The van der Waals surface area contributed by atoms with Gasteiger partial charge in [0.15, 0.2) is 5.16 Å². The number of hydrogen-bond donors (Lipinski definition) is 1. The number of carbonyl (C=O) groups excluding carboxylic acids is 1. The van der Waals surface area contributed by atoms with Gasteiger partial charge in [-0.25, -0.2) is 4.98 Å². The second-order valence-corrected chi connectivity index (χ2v) is 9.49. The van der Waals surface area contributed by atoms with Crippen molar-refractivity contribution < 1.29 is 9.53 Å². The Morgan fingerprint density at radius 2 is 1.91 bits per heavy atom. The predicted molar refractivity (Wildman–Crippen MR) is 134 cm³/mol. The molecule has 6 nitrogen and oxygen atoms in total. The summed E-state index contributed by atoms with van der Waals surface area (Å²) in [5.41, 5.74) is 2.06. The van der Waals surface area contributed by atoms with Gasteiger partial charge < -0.3 is 10.1 Å². The molecule has 8 heteroatoms. The molecular formula is C25H21N3O3S2. The van der Waals surface area contributed by atoms with Gasteiger partial charge in [-0.15, -0.1) is 11.8 Å². The maximum absolute atomic E-state index is 13.4. The van der Waals surface area contributed by atoms with E-state index in [0.29, 0.717) is 21.5 Å². The number of fused-ring (bicyclic) bond motifs is 2. The van der Waals surface area contributed by atoms with Gasteiger partial charge in [0.05, 0.1) is 29.1 Å². The topological polar surface area (TPSA) is 73.2 Å².